The summed E-state index contributed by atoms with van der Waals surface area (Å²) in [6.07, 6.45) is 0.442. The van der Waals surface area contributed by atoms with Crippen molar-refractivity contribution in [3.05, 3.63) is 65.5 Å². The van der Waals surface area contributed by atoms with Gasteiger partial charge in [0.15, 0.2) is 0 Å². The number of hydrogen-bond acceptors (Lipinski definition) is 4. The van der Waals surface area contributed by atoms with Crippen LogP contribution in [0.1, 0.15) is 11.1 Å². The third kappa shape index (κ3) is 4.17. The Labute approximate surface area is 140 Å². The van der Waals surface area contributed by atoms with Crippen molar-refractivity contribution in [1.82, 2.24) is 4.31 Å². The average Bonchev–Trinajstić information content (AvgIpc) is 2.58. The van der Waals surface area contributed by atoms with Gasteiger partial charge in [-0.25, -0.2) is 12.8 Å². The number of hydrogen-bond donors (Lipinski definition) is 1. The molecular weight excluding hydrogens is 331 g/mol. The van der Waals surface area contributed by atoms with E-state index < -0.39 is 20.7 Å². The zero-order valence-electron chi connectivity index (χ0n) is 12.9. The predicted molar refractivity (Wildman–Crippen MR) is 87.1 cm³/mol. The maximum Gasteiger partial charge on any atom is 0.246 e. The molecule has 0 unspecified atom stereocenters. The van der Waals surface area contributed by atoms with Gasteiger partial charge in [0, 0.05) is 13.1 Å². The normalized spacial score (nSPS) is 11.4. The minimum Gasteiger partial charge on any atom is -0.395 e. The Bertz CT molecular complexity index is 833. The van der Waals surface area contributed by atoms with E-state index in [0.717, 1.165) is 22.0 Å². The van der Waals surface area contributed by atoms with E-state index in [-0.39, 0.29) is 25.3 Å². The number of benzene rings is 2. The van der Waals surface area contributed by atoms with Crippen LogP contribution in [0.2, 0.25) is 0 Å². The van der Waals surface area contributed by atoms with Gasteiger partial charge in [-0.15, -0.1) is 0 Å². The number of sulfonamides is 1. The van der Waals surface area contributed by atoms with Crippen molar-refractivity contribution in [2.75, 3.05) is 19.7 Å². The fraction of sp³-hybridized carbons (Fsp3) is 0.235. The minimum atomic E-state index is -4.10. The summed E-state index contributed by atoms with van der Waals surface area (Å²) in [5.74, 6) is -0.975. The highest BCUT2D eigenvalue weighted by molar-refractivity contribution is 7.89. The first-order valence-corrected chi connectivity index (χ1v) is 8.77. The van der Waals surface area contributed by atoms with Crippen molar-refractivity contribution in [1.29, 1.82) is 5.26 Å². The van der Waals surface area contributed by atoms with Crippen LogP contribution in [0, 0.1) is 17.1 Å². The molecule has 0 atom stereocenters. The Morgan fingerprint density at radius 3 is 2.42 bits per heavy atom. The quantitative estimate of drug-likeness (QED) is 0.829. The number of nitrogens with zero attached hydrogens (tertiary/aromatic N) is 2. The third-order valence-electron chi connectivity index (χ3n) is 3.52. The molecule has 2 rings (SSSR count). The molecule has 0 aliphatic carbocycles. The molecule has 2 aromatic rings. The van der Waals surface area contributed by atoms with Crippen LogP contribution in [0.4, 0.5) is 4.39 Å². The summed E-state index contributed by atoms with van der Waals surface area (Å²) in [4.78, 5) is -0.497. The van der Waals surface area contributed by atoms with Crippen LogP contribution in [0.15, 0.2) is 53.4 Å². The van der Waals surface area contributed by atoms with Crippen molar-refractivity contribution in [2.45, 2.75) is 11.3 Å². The van der Waals surface area contributed by atoms with Crippen molar-refractivity contribution >= 4 is 10.0 Å². The van der Waals surface area contributed by atoms with Gasteiger partial charge in [-0.2, -0.15) is 9.57 Å². The Kier molecular flexibility index (Phi) is 6.04. The van der Waals surface area contributed by atoms with Gasteiger partial charge >= 0.3 is 0 Å². The zero-order valence-corrected chi connectivity index (χ0v) is 13.7. The molecule has 0 amide bonds. The first-order valence-electron chi connectivity index (χ1n) is 7.33. The molecule has 0 saturated carbocycles. The van der Waals surface area contributed by atoms with Gasteiger partial charge < -0.3 is 5.11 Å². The Morgan fingerprint density at radius 2 is 1.83 bits per heavy atom. The molecule has 7 heteroatoms. The van der Waals surface area contributed by atoms with E-state index in [2.05, 4.69) is 0 Å². The van der Waals surface area contributed by atoms with Gasteiger partial charge in [0.2, 0.25) is 10.0 Å². The van der Waals surface area contributed by atoms with Crippen molar-refractivity contribution in [3.63, 3.8) is 0 Å². The molecule has 126 valence electrons. The lowest BCUT2D eigenvalue weighted by Crippen LogP contribution is -2.35. The molecule has 0 aliphatic heterocycles. The summed E-state index contributed by atoms with van der Waals surface area (Å²) in [5.41, 5.74) is 0.986. The fourth-order valence-electron chi connectivity index (χ4n) is 2.28. The fourth-order valence-corrected chi connectivity index (χ4v) is 3.76. The van der Waals surface area contributed by atoms with Crippen LogP contribution in [-0.2, 0) is 16.4 Å². The molecular formula is C17H17FN2O3S. The van der Waals surface area contributed by atoms with E-state index in [1.54, 1.807) is 6.07 Å². The highest BCUT2D eigenvalue weighted by atomic mass is 32.2. The molecule has 1 N–H and O–H groups in total. The topological polar surface area (TPSA) is 81.4 Å². The maximum absolute atomic E-state index is 14.1. The number of aliphatic hydroxyl groups excluding tert-OH is 1. The molecule has 0 aromatic heterocycles. The number of aliphatic hydroxyl groups is 1. The van der Waals surface area contributed by atoms with Gasteiger partial charge in [0.05, 0.1) is 18.2 Å². The van der Waals surface area contributed by atoms with Gasteiger partial charge in [-0.3, -0.25) is 0 Å². The molecule has 0 aliphatic rings. The molecule has 0 saturated heterocycles. The summed E-state index contributed by atoms with van der Waals surface area (Å²) < 4.78 is 40.4. The summed E-state index contributed by atoms with van der Waals surface area (Å²) >= 11 is 0. The summed E-state index contributed by atoms with van der Waals surface area (Å²) in [5, 5.41) is 17.9. The highest BCUT2D eigenvalue weighted by Gasteiger charge is 2.27. The van der Waals surface area contributed by atoms with Gasteiger partial charge in [-0.05, 0) is 30.2 Å². The molecule has 0 heterocycles. The zero-order chi connectivity index (χ0) is 17.6. The molecule has 2 aromatic carbocycles. The predicted octanol–water partition coefficient (Wildman–Crippen LogP) is 1.92. The average molecular weight is 348 g/mol. The molecule has 24 heavy (non-hydrogen) atoms. The second kappa shape index (κ2) is 8.02. The summed E-state index contributed by atoms with van der Waals surface area (Å²) in [7, 11) is -4.10. The van der Waals surface area contributed by atoms with E-state index in [9.17, 15) is 12.8 Å². The van der Waals surface area contributed by atoms with Crippen LogP contribution < -0.4 is 0 Å². The lowest BCUT2D eigenvalue weighted by atomic mass is 10.1. The smallest absolute Gasteiger partial charge is 0.246 e. The summed E-state index contributed by atoms with van der Waals surface area (Å²) in [6.45, 7) is -0.382. The minimum absolute atomic E-state index is 0.0458. The molecule has 0 bridgehead atoms. The first kappa shape index (κ1) is 18.1. The second-order valence-electron chi connectivity index (χ2n) is 5.12. The molecule has 0 spiro atoms. The lowest BCUT2D eigenvalue weighted by Gasteiger charge is -2.21. The molecule has 0 radical (unpaired) electrons. The lowest BCUT2D eigenvalue weighted by molar-refractivity contribution is 0.254. The van der Waals surface area contributed by atoms with Gasteiger partial charge in [0.25, 0.3) is 0 Å². The van der Waals surface area contributed by atoms with Crippen molar-refractivity contribution in [2.24, 2.45) is 0 Å². The van der Waals surface area contributed by atoms with Crippen LogP contribution in [0.25, 0.3) is 0 Å². The number of nitriles is 1. The van der Waals surface area contributed by atoms with E-state index >= 15 is 0 Å². The Morgan fingerprint density at radius 1 is 1.12 bits per heavy atom. The van der Waals surface area contributed by atoms with E-state index in [4.69, 9.17) is 10.4 Å². The van der Waals surface area contributed by atoms with E-state index in [0.29, 0.717) is 6.42 Å². The van der Waals surface area contributed by atoms with Crippen LogP contribution >= 0.6 is 0 Å². The van der Waals surface area contributed by atoms with Crippen LogP contribution in [-0.4, -0.2) is 37.5 Å². The van der Waals surface area contributed by atoms with E-state index in [1.165, 1.54) is 6.07 Å². The largest absolute Gasteiger partial charge is 0.395 e. The highest BCUT2D eigenvalue weighted by Crippen LogP contribution is 2.20. The number of rotatable bonds is 7. The van der Waals surface area contributed by atoms with Crippen LogP contribution in [0.5, 0.6) is 0 Å². The third-order valence-corrected chi connectivity index (χ3v) is 5.45. The first-order chi connectivity index (χ1) is 11.5. The maximum atomic E-state index is 14.1. The van der Waals surface area contributed by atoms with E-state index in [1.807, 2.05) is 30.3 Å². The van der Waals surface area contributed by atoms with Gasteiger partial charge in [0.1, 0.15) is 10.7 Å². The molecule has 5 nitrogen and oxygen atoms in total. The Hall–Kier alpha value is -2.27. The summed E-state index contributed by atoms with van der Waals surface area (Å²) in [6, 6.07) is 14.3. The second-order valence-corrected chi connectivity index (χ2v) is 7.03. The SMILES string of the molecule is N#Cc1ccc(S(=O)(=O)N(CCO)CCc2ccccc2)c(F)c1. The molecule has 0 fully saturated rings. The van der Waals surface area contributed by atoms with Crippen LogP contribution in [0.3, 0.4) is 0 Å². The monoisotopic (exact) mass is 348 g/mol. The Balaban J connectivity index is 2.26. The van der Waals surface area contributed by atoms with Crippen molar-refractivity contribution in [3.8, 4) is 6.07 Å². The van der Waals surface area contributed by atoms with Crippen molar-refractivity contribution < 1.29 is 17.9 Å². The standard InChI is InChI=1S/C17H17FN2O3S/c18-16-12-15(13-19)6-7-17(16)24(22,23)20(10-11-21)9-8-14-4-2-1-3-5-14/h1-7,12,21H,8-11H2. The van der Waals surface area contributed by atoms with Gasteiger partial charge in [-0.1, -0.05) is 30.3 Å². The number of halogens is 1.